The van der Waals surface area contributed by atoms with Crippen molar-refractivity contribution in [2.45, 2.75) is 19.8 Å². The first-order chi connectivity index (χ1) is 14.3. The van der Waals surface area contributed by atoms with Crippen LogP contribution in [0, 0.1) is 10.1 Å². The van der Waals surface area contributed by atoms with Crippen LogP contribution in [0.25, 0.3) is 22.3 Å². The van der Waals surface area contributed by atoms with Crippen molar-refractivity contribution in [1.82, 2.24) is 0 Å². The molecule has 1 heterocycles. The van der Waals surface area contributed by atoms with Gasteiger partial charge in [0.2, 0.25) is 5.76 Å². The van der Waals surface area contributed by atoms with Gasteiger partial charge in [-0.2, -0.15) is 0 Å². The maximum Gasteiger partial charge on any atom is 0.323 e. The van der Waals surface area contributed by atoms with Gasteiger partial charge in [-0.15, -0.1) is 0 Å². The fourth-order valence-electron chi connectivity index (χ4n) is 3.20. The maximum absolute atomic E-state index is 11.9. The SMILES string of the molecule is COc1cc(-c2oc3c(OC)cc(CCCOC(C)=O)cc3c2[N+](=O)[O-])ccc1O. The lowest BCUT2D eigenvalue weighted by molar-refractivity contribution is -0.382. The van der Waals surface area contributed by atoms with Gasteiger partial charge in [-0.25, -0.2) is 0 Å². The summed E-state index contributed by atoms with van der Waals surface area (Å²) in [5.41, 5.74) is 1.20. The summed E-state index contributed by atoms with van der Waals surface area (Å²) in [7, 11) is 2.84. The van der Waals surface area contributed by atoms with E-state index in [2.05, 4.69) is 0 Å². The van der Waals surface area contributed by atoms with E-state index in [9.17, 15) is 20.0 Å². The smallest absolute Gasteiger partial charge is 0.323 e. The predicted octanol–water partition coefficient (Wildman–Crippen LogP) is 4.23. The number of ether oxygens (including phenoxy) is 3. The van der Waals surface area contributed by atoms with Crippen LogP contribution in [-0.2, 0) is 16.0 Å². The van der Waals surface area contributed by atoms with Crippen molar-refractivity contribution in [3.05, 3.63) is 46.0 Å². The third-order valence-electron chi connectivity index (χ3n) is 4.55. The van der Waals surface area contributed by atoms with Gasteiger partial charge in [0, 0.05) is 12.5 Å². The van der Waals surface area contributed by atoms with Crippen molar-refractivity contribution in [2.75, 3.05) is 20.8 Å². The van der Waals surface area contributed by atoms with E-state index in [1.807, 2.05) is 0 Å². The number of nitro groups is 1. The number of benzene rings is 2. The van der Waals surface area contributed by atoms with Crippen LogP contribution >= 0.6 is 0 Å². The van der Waals surface area contributed by atoms with Crippen LogP contribution in [0.5, 0.6) is 17.2 Å². The number of aryl methyl sites for hydroxylation is 1. The summed E-state index contributed by atoms with van der Waals surface area (Å²) in [6.07, 6.45) is 1.09. The minimum Gasteiger partial charge on any atom is -0.504 e. The summed E-state index contributed by atoms with van der Waals surface area (Å²) in [6.45, 7) is 1.59. The van der Waals surface area contributed by atoms with E-state index < -0.39 is 4.92 Å². The standard InChI is InChI=1S/C21H21NO8/c1-12(23)29-8-4-5-13-9-15-19(22(25)26)20(30-21(15)18(10-13)28-3)14-6-7-16(24)17(11-14)27-2/h6-7,9-11,24H,4-5,8H2,1-3H3. The van der Waals surface area contributed by atoms with Gasteiger partial charge < -0.3 is 23.7 Å². The molecule has 158 valence electrons. The van der Waals surface area contributed by atoms with Gasteiger partial charge in [-0.3, -0.25) is 14.9 Å². The molecule has 0 saturated heterocycles. The highest BCUT2D eigenvalue weighted by molar-refractivity contribution is 5.98. The summed E-state index contributed by atoms with van der Waals surface area (Å²) in [6, 6.07) is 7.77. The maximum atomic E-state index is 11.9. The van der Waals surface area contributed by atoms with Crippen molar-refractivity contribution in [2.24, 2.45) is 0 Å². The number of hydrogen-bond donors (Lipinski definition) is 1. The molecule has 0 amide bonds. The van der Waals surface area contributed by atoms with E-state index >= 15 is 0 Å². The lowest BCUT2D eigenvalue weighted by Crippen LogP contribution is -2.01. The topological polar surface area (TPSA) is 121 Å². The van der Waals surface area contributed by atoms with E-state index in [4.69, 9.17) is 18.6 Å². The second kappa shape index (κ2) is 8.73. The highest BCUT2D eigenvalue weighted by atomic mass is 16.6. The molecule has 0 fully saturated rings. The number of carbonyl (C=O) groups is 1. The number of furan rings is 1. The number of rotatable bonds is 8. The minimum absolute atomic E-state index is 0.0312. The average molecular weight is 415 g/mol. The first kappa shape index (κ1) is 21.0. The molecule has 0 aliphatic heterocycles. The Morgan fingerprint density at radius 3 is 2.53 bits per heavy atom. The first-order valence-electron chi connectivity index (χ1n) is 9.14. The molecule has 2 aromatic carbocycles. The van der Waals surface area contributed by atoms with Gasteiger partial charge in [0.15, 0.2) is 22.8 Å². The third-order valence-corrected chi connectivity index (χ3v) is 4.55. The molecule has 9 heteroatoms. The molecule has 0 bridgehead atoms. The van der Waals surface area contributed by atoms with E-state index in [1.165, 1.54) is 39.3 Å². The number of aromatic hydroxyl groups is 1. The van der Waals surface area contributed by atoms with Gasteiger partial charge in [0.25, 0.3) is 0 Å². The molecular weight excluding hydrogens is 394 g/mol. The molecule has 3 rings (SSSR count). The molecule has 0 aliphatic carbocycles. The Kier molecular flexibility index (Phi) is 6.10. The van der Waals surface area contributed by atoms with Gasteiger partial charge in [-0.1, -0.05) is 0 Å². The van der Waals surface area contributed by atoms with Crippen LogP contribution in [0.1, 0.15) is 18.9 Å². The van der Waals surface area contributed by atoms with Crippen molar-refractivity contribution in [3.63, 3.8) is 0 Å². The molecule has 0 atom stereocenters. The largest absolute Gasteiger partial charge is 0.504 e. The van der Waals surface area contributed by atoms with Crippen molar-refractivity contribution in [3.8, 4) is 28.6 Å². The normalized spacial score (nSPS) is 10.8. The molecule has 0 unspecified atom stereocenters. The van der Waals surface area contributed by atoms with E-state index in [0.29, 0.717) is 29.5 Å². The van der Waals surface area contributed by atoms with E-state index in [1.54, 1.807) is 12.1 Å². The molecule has 1 aromatic heterocycles. The van der Waals surface area contributed by atoms with Crippen LogP contribution < -0.4 is 9.47 Å². The Labute approximate surface area is 171 Å². The van der Waals surface area contributed by atoms with Crippen LogP contribution in [0.3, 0.4) is 0 Å². The molecule has 0 spiro atoms. The summed E-state index contributed by atoms with van der Waals surface area (Å²) in [5.74, 6) is 0.106. The molecule has 1 N–H and O–H groups in total. The van der Waals surface area contributed by atoms with Gasteiger partial charge in [0.1, 0.15) is 5.39 Å². The number of phenols is 1. The zero-order chi connectivity index (χ0) is 21.8. The summed E-state index contributed by atoms with van der Waals surface area (Å²) < 4.78 is 21.3. The summed E-state index contributed by atoms with van der Waals surface area (Å²) in [4.78, 5) is 22.3. The molecule has 3 aromatic rings. The van der Waals surface area contributed by atoms with Gasteiger partial charge >= 0.3 is 11.7 Å². The zero-order valence-electron chi connectivity index (χ0n) is 16.8. The fourth-order valence-corrected chi connectivity index (χ4v) is 3.20. The summed E-state index contributed by atoms with van der Waals surface area (Å²) >= 11 is 0. The van der Waals surface area contributed by atoms with Gasteiger partial charge in [0.05, 0.1) is 25.7 Å². The Morgan fingerprint density at radius 2 is 1.90 bits per heavy atom. The molecule has 0 saturated carbocycles. The number of esters is 1. The van der Waals surface area contributed by atoms with E-state index in [-0.39, 0.29) is 41.1 Å². The number of fused-ring (bicyclic) bond motifs is 1. The predicted molar refractivity (Wildman–Crippen MR) is 108 cm³/mol. The molecular formula is C21H21NO8. The third kappa shape index (κ3) is 4.14. The lowest BCUT2D eigenvalue weighted by Gasteiger charge is -2.06. The fraction of sp³-hybridized carbons (Fsp3) is 0.286. The van der Waals surface area contributed by atoms with Crippen molar-refractivity contribution in [1.29, 1.82) is 0 Å². The van der Waals surface area contributed by atoms with Gasteiger partial charge in [-0.05, 0) is 48.7 Å². The Balaban J connectivity index is 2.10. The number of hydrogen-bond acceptors (Lipinski definition) is 8. The van der Waals surface area contributed by atoms with Crippen molar-refractivity contribution >= 4 is 22.6 Å². The average Bonchev–Trinajstić information content (AvgIpc) is 3.10. The number of carbonyl (C=O) groups excluding carboxylic acids is 1. The highest BCUT2D eigenvalue weighted by Crippen LogP contribution is 2.45. The lowest BCUT2D eigenvalue weighted by atomic mass is 10.0. The van der Waals surface area contributed by atoms with E-state index in [0.717, 1.165) is 5.56 Å². The molecule has 0 radical (unpaired) electrons. The monoisotopic (exact) mass is 415 g/mol. The second-order valence-electron chi connectivity index (χ2n) is 6.54. The van der Waals surface area contributed by atoms with Crippen LogP contribution in [0.4, 0.5) is 5.69 Å². The zero-order valence-corrected chi connectivity index (χ0v) is 16.8. The molecule has 30 heavy (non-hydrogen) atoms. The first-order valence-corrected chi connectivity index (χ1v) is 9.14. The van der Waals surface area contributed by atoms with Crippen LogP contribution in [-0.4, -0.2) is 36.8 Å². The Hall–Kier alpha value is -3.75. The highest BCUT2D eigenvalue weighted by Gasteiger charge is 2.29. The Morgan fingerprint density at radius 1 is 1.17 bits per heavy atom. The number of nitrogens with zero attached hydrogens (tertiary/aromatic N) is 1. The number of methoxy groups -OCH3 is 2. The second-order valence-corrected chi connectivity index (χ2v) is 6.54. The van der Waals surface area contributed by atoms with Crippen LogP contribution in [0.2, 0.25) is 0 Å². The quantitative estimate of drug-likeness (QED) is 0.251. The minimum atomic E-state index is -0.511. The van der Waals surface area contributed by atoms with Crippen LogP contribution in [0.15, 0.2) is 34.7 Å². The Bertz CT molecular complexity index is 1100. The number of phenolic OH excluding ortho intramolecular Hbond substituents is 1. The molecule has 9 nitrogen and oxygen atoms in total. The summed E-state index contributed by atoms with van der Waals surface area (Å²) in [5, 5.41) is 22.0. The molecule has 0 aliphatic rings. The van der Waals surface area contributed by atoms with Crippen molar-refractivity contribution < 1.29 is 33.5 Å².